The minimum atomic E-state index is 0.235. The van der Waals surface area contributed by atoms with Crippen molar-refractivity contribution < 1.29 is 0 Å². The minimum Gasteiger partial charge on any atom is -0.379 e. The molecule has 0 aliphatic carbocycles. The molecule has 1 unspecified atom stereocenters. The molecule has 0 saturated heterocycles. The minimum absolute atomic E-state index is 0.235. The monoisotopic (exact) mass is 314 g/mol. The molecular weight excluding hydrogens is 296 g/mol. The van der Waals surface area contributed by atoms with E-state index in [1.165, 1.54) is 5.56 Å². The third-order valence-corrected chi connectivity index (χ3v) is 3.70. The van der Waals surface area contributed by atoms with Gasteiger partial charge in [0.1, 0.15) is 17.6 Å². The Hall–Kier alpha value is -3.32. The molecular formula is C20H18N4. The van der Waals surface area contributed by atoms with E-state index in [1.54, 1.807) is 6.07 Å². The van der Waals surface area contributed by atoms with Gasteiger partial charge in [0.2, 0.25) is 0 Å². The van der Waals surface area contributed by atoms with Crippen LogP contribution in [0.2, 0.25) is 0 Å². The molecule has 0 fully saturated rings. The maximum absolute atomic E-state index is 8.89. The number of hydrogen-bond acceptors (Lipinski definition) is 4. The molecule has 0 spiro atoms. The molecule has 0 saturated carbocycles. The van der Waals surface area contributed by atoms with Crippen LogP contribution < -0.4 is 10.6 Å². The number of nitriles is 1. The standard InChI is InChI=1S/C20H18N4/c1-15(16-6-3-2-4-7-16)22-17-10-12-18(13-11-17)23-20-9-5-8-19(14-21)24-20/h2-13,15,22H,1H3,(H,23,24). The molecule has 3 aromatic rings. The van der Waals surface area contributed by atoms with E-state index in [0.717, 1.165) is 11.4 Å². The quantitative estimate of drug-likeness (QED) is 0.705. The van der Waals surface area contributed by atoms with Crippen molar-refractivity contribution in [3.63, 3.8) is 0 Å². The summed E-state index contributed by atoms with van der Waals surface area (Å²) in [5, 5.41) is 15.6. The van der Waals surface area contributed by atoms with Crippen LogP contribution in [-0.2, 0) is 0 Å². The average molecular weight is 314 g/mol. The number of rotatable bonds is 5. The smallest absolute Gasteiger partial charge is 0.142 e. The number of benzene rings is 2. The molecule has 0 aliphatic rings. The number of nitrogens with zero attached hydrogens (tertiary/aromatic N) is 2. The van der Waals surface area contributed by atoms with Crippen LogP contribution >= 0.6 is 0 Å². The van der Waals surface area contributed by atoms with Crippen molar-refractivity contribution in [3.8, 4) is 6.07 Å². The summed E-state index contributed by atoms with van der Waals surface area (Å²) in [6, 6.07) is 26.0. The van der Waals surface area contributed by atoms with E-state index < -0.39 is 0 Å². The molecule has 0 radical (unpaired) electrons. The van der Waals surface area contributed by atoms with Gasteiger partial charge < -0.3 is 10.6 Å². The zero-order chi connectivity index (χ0) is 16.8. The Kier molecular flexibility index (Phi) is 4.73. The number of nitrogens with one attached hydrogen (secondary N) is 2. The van der Waals surface area contributed by atoms with Crippen LogP contribution in [0.4, 0.5) is 17.2 Å². The third kappa shape index (κ3) is 3.90. The SMILES string of the molecule is CC(Nc1ccc(Nc2cccc(C#N)n2)cc1)c1ccccc1. The van der Waals surface area contributed by atoms with Gasteiger partial charge >= 0.3 is 0 Å². The van der Waals surface area contributed by atoms with Gasteiger partial charge in [-0.05, 0) is 48.9 Å². The van der Waals surface area contributed by atoms with Crippen LogP contribution in [0.25, 0.3) is 0 Å². The van der Waals surface area contributed by atoms with E-state index in [9.17, 15) is 0 Å². The number of anilines is 3. The molecule has 0 aliphatic heterocycles. The van der Waals surface area contributed by atoms with Crippen LogP contribution in [0.3, 0.4) is 0 Å². The van der Waals surface area contributed by atoms with Crippen LogP contribution in [0.1, 0.15) is 24.2 Å². The van der Waals surface area contributed by atoms with Crippen LogP contribution in [-0.4, -0.2) is 4.98 Å². The Morgan fingerprint density at radius 1 is 0.875 bits per heavy atom. The maximum Gasteiger partial charge on any atom is 0.142 e. The van der Waals surface area contributed by atoms with E-state index in [1.807, 2.05) is 60.7 Å². The Bertz CT molecular complexity index is 836. The molecule has 1 heterocycles. The van der Waals surface area contributed by atoms with Crippen molar-refractivity contribution in [2.24, 2.45) is 0 Å². The summed E-state index contributed by atoms with van der Waals surface area (Å²) < 4.78 is 0. The largest absolute Gasteiger partial charge is 0.379 e. The van der Waals surface area contributed by atoms with Gasteiger partial charge in [-0.15, -0.1) is 0 Å². The van der Waals surface area contributed by atoms with Gasteiger partial charge in [0.05, 0.1) is 0 Å². The summed E-state index contributed by atoms with van der Waals surface area (Å²) in [6.45, 7) is 2.14. The highest BCUT2D eigenvalue weighted by atomic mass is 15.0. The molecule has 4 nitrogen and oxygen atoms in total. The van der Waals surface area contributed by atoms with Crippen molar-refractivity contribution in [1.29, 1.82) is 5.26 Å². The average Bonchev–Trinajstić information content (AvgIpc) is 2.64. The second-order valence-corrected chi connectivity index (χ2v) is 5.50. The second-order valence-electron chi connectivity index (χ2n) is 5.50. The highest BCUT2D eigenvalue weighted by Gasteiger charge is 2.04. The van der Waals surface area contributed by atoms with E-state index in [0.29, 0.717) is 11.5 Å². The van der Waals surface area contributed by atoms with Crippen molar-refractivity contribution in [1.82, 2.24) is 4.98 Å². The number of aromatic nitrogens is 1. The predicted octanol–water partition coefficient (Wildman–Crippen LogP) is 4.87. The lowest BCUT2D eigenvalue weighted by molar-refractivity contribution is 0.885. The first-order chi connectivity index (χ1) is 11.7. The van der Waals surface area contributed by atoms with Crippen molar-refractivity contribution >= 4 is 17.2 Å². The van der Waals surface area contributed by atoms with Gasteiger partial charge in [-0.1, -0.05) is 36.4 Å². The summed E-state index contributed by atoms with van der Waals surface area (Å²) in [4.78, 5) is 4.21. The molecule has 24 heavy (non-hydrogen) atoms. The highest BCUT2D eigenvalue weighted by molar-refractivity contribution is 5.60. The van der Waals surface area contributed by atoms with E-state index in [-0.39, 0.29) is 6.04 Å². The summed E-state index contributed by atoms with van der Waals surface area (Å²) in [5.41, 5.74) is 3.62. The number of hydrogen-bond donors (Lipinski definition) is 2. The molecule has 4 heteroatoms. The fourth-order valence-electron chi connectivity index (χ4n) is 2.44. The van der Waals surface area contributed by atoms with E-state index in [2.05, 4.69) is 34.7 Å². The van der Waals surface area contributed by atoms with Gasteiger partial charge in [0.15, 0.2) is 0 Å². The van der Waals surface area contributed by atoms with Gasteiger partial charge in [-0.25, -0.2) is 4.98 Å². The molecule has 0 bridgehead atoms. The van der Waals surface area contributed by atoms with Crippen molar-refractivity contribution in [2.75, 3.05) is 10.6 Å². The Labute approximate surface area is 141 Å². The van der Waals surface area contributed by atoms with Gasteiger partial charge in [-0.2, -0.15) is 5.26 Å². The summed E-state index contributed by atoms with van der Waals surface area (Å²) in [5.74, 6) is 0.660. The third-order valence-electron chi connectivity index (χ3n) is 3.70. The fourth-order valence-corrected chi connectivity index (χ4v) is 2.44. The molecule has 3 rings (SSSR count). The molecule has 2 N–H and O–H groups in total. The normalized spacial score (nSPS) is 11.3. The van der Waals surface area contributed by atoms with Gasteiger partial charge in [-0.3, -0.25) is 0 Å². The summed E-state index contributed by atoms with van der Waals surface area (Å²) in [7, 11) is 0. The fraction of sp³-hybridized carbons (Fsp3) is 0.100. The van der Waals surface area contributed by atoms with Crippen molar-refractivity contribution in [3.05, 3.63) is 84.1 Å². The first-order valence-electron chi connectivity index (χ1n) is 7.80. The van der Waals surface area contributed by atoms with Crippen LogP contribution in [0, 0.1) is 11.3 Å². The van der Waals surface area contributed by atoms with Crippen molar-refractivity contribution in [2.45, 2.75) is 13.0 Å². The van der Waals surface area contributed by atoms with Gasteiger partial charge in [0, 0.05) is 17.4 Å². The lowest BCUT2D eigenvalue weighted by atomic mass is 10.1. The molecule has 2 aromatic carbocycles. The zero-order valence-corrected chi connectivity index (χ0v) is 13.4. The van der Waals surface area contributed by atoms with Crippen LogP contribution in [0.5, 0.6) is 0 Å². The Morgan fingerprint density at radius 2 is 1.58 bits per heavy atom. The summed E-state index contributed by atoms with van der Waals surface area (Å²) >= 11 is 0. The lowest BCUT2D eigenvalue weighted by Crippen LogP contribution is -2.06. The lowest BCUT2D eigenvalue weighted by Gasteiger charge is -2.16. The molecule has 118 valence electrons. The topological polar surface area (TPSA) is 60.7 Å². The maximum atomic E-state index is 8.89. The number of pyridine rings is 1. The van der Waals surface area contributed by atoms with E-state index in [4.69, 9.17) is 5.26 Å². The van der Waals surface area contributed by atoms with E-state index >= 15 is 0 Å². The highest BCUT2D eigenvalue weighted by Crippen LogP contribution is 2.22. The van der Waals surface area contributed by atoms with Crippen LogP contribution in [0.15, 0.2) is 72.8 Å². The zero-order valence-electron chi connectivity index (χ0n) is 13.4. The Morgan fingerprint density at radius 3 is 2.29 bits per heavy atom. The molecule has 0 amide bonds. The summed E-state index contributed by atoms with van der Waals surface area (Å²) in [6.07, 6.45) is 0. The van der Waals surface area contributed by atoms with Gasteiger partial charge in [0.25, 0.3) is 0 Å². The Balaban J connectivity index is 1.66. The first kappa shape index (κ1) is 15.6. The first-order valence-corrected chi connectivity index (χ1v) is 7.80. The molecule has 1 aromatic heterocycles. The molecule has 1 atom stereocenters. The second kappa shape index (κ2) is 7.30. The predicted molar refractivity (Wildman–Crippen MR) is 97.2 cm³/mol.